The first-order chi connectivity index (χ1) is 7.86. The first kappa shape index (κ1) is 9.42. The highest BCUT2D eigenvalue weighted by Crippen LogP contribution is 2.28. The first-order valence-corrected chi connectivity index (χ1v) is 5.80. The zero-order valence-electron chi connectivity index (χ0n) is 8.73. The molecule has 16 heavy (non-hydrogen) atoms. The third-order valence-corrected chi connectivity index (χ3v) is 3.33. The third-order valence-electron chi connectivity index (χ3n) is 2.53. The summed E-state index contributed by atoms with van der Waals surface area (Å²) in [6.45, 7) is 0. The lowest BCUT2D eigenvalue weighted by Crippen LogP contribution is -1.80. The Balaban J connectivity index is 2.16. The van der Waals surface area contributed by atoms with Gasteiger partial charge >= 0.3 is 0 Å². The smallest absolute Gasteiger partial charge is 0.120 e. The molecule has 0 spiro atoms. The summed E-state index contributed by atoms with van der Waals surface area (Å²) in [5, 5.41) is 1.18. The van der Waals surface area contributed by atoms with Gasteiger partial charge in [0.05, 0.1) is 23.2 Å². The molecule has 0 unspecified atom stereocenters. The van der Waals surface area contributed by atoms with Gasteiger partial charge in [0, 0.05) is 23.2 Å². The maximum atomic E-state index is 5.19. The van der Waals surface area contributed by atoms with Crippen molar-refractivity contribution in [1.29, 1.82) is 0 Å². The normalized spacial score (nSPS) is 10.8. The van der Waals surface area contributed by atoms with E-state index in [2.05, 4.69) is 22.1 Å². The lowest BCUT2D eigenvalue weighted by Gasteiger charge is -1.97. The predicted molar refractivity (Wildman–Crippen MR) is 66.0 cm³/mol. The standard InChI is InChI=1S/C12H10N2OS/c1-15-9-3-2-8-4-11(14-10(8)5-9)12-6-13-7-16-12/h2-7,14H,1H3. The molecule has 1 N–H and O–H groups in total. The second-order valence-corrected chi connectivity index (χ2v) is 4.39. The van der Waals surface area contributed by atoms with E-state index < -0.39 is 0 Å². The lowest BCUT2D eigenvalue weighted by molar-refractivity contribution is 0.415. The van der Waals surface area contributed by atoms with Crippen LogP contribution in [0.5, 0.6) is 5.75 Å². The van der Waals surface area contributed by atoms with Crippen LogP contribution in [-0.4, -0.2) is 17.1 Å². The van der Waals surface area contributed by atoms with Crippen molar-refractivity contribution in [2.75, 3.05) is 7.11 Å². The van der Waals surface area contributed by atoms with E-state index in [9.17, 15) is 0 Å². The van der Waals surface area contributed by atoms with Crippen LogP contribution in [0.3, 0.4) is 0 Å². The second-order valence-electron chi connectivity index (χ2n) is 3.50. The molecule has 0 amide bonds. The molecule has 2 aromatic heterocycles. The van der Waals surface area contributed by atoms with Gasteiger partial charge in [-0.15, -0.1) is 11.3 Å². The van der Waals surface area contributed by atoms with Crippen molar-refractivity contribution in [2.45, 2.75) is 0 Å². The quantitative estimate of drug-likeness (QED) is 0.733. The molecule has 1 aromatic carbocycles. The van der Waals surface area contributed by atoms with Gasteiger partial charge in [-0.25, -0.2) is 0 Å². The molecule has 3 rings (SSSR count). The van der Waals surface area contributed by atoms with E-state index in [0.29, 0.717) is 0 Å². The molecule has 0 aliphatic rings. The summed E-state index contributed by atoms with van der Waals surface area (Å²) in [4.78, 5) is 8.59. The Morgan fingerprint density at radius 2 is 2.25 bits per heavy atom. The van der Waals surface area contributed by atoms with Crippen LogP contribution in [0.25, 0.3) is 21.5 Å². The van der Waals surface area contributed by atoms with Crippen LogP contribution in [0.2, 0.25) is 0 Å². The molecular formula is C12H10N2OS. The maximum absolute atomic E-state index is 5.19. The van der Waals surface area contributed by atoms with Gasteiger partial charge in [-0.3, -0.25) is 4.98 Å². The van der Waals surface area contributed by atoms with Crippen LogP contribution < -0.4 is 4.74 Å². The van der Waals surface area contributed by atoms with Crippen molar-refractivity contribution in [3.8, 4) is 16.3 Å². The van der Waals surface area contributed by atoms with Gasteiger partial charge in [-0.05, 0) is 18.2 Å². The van der Waals surface area contributed by atoms with Gasteiger partial charge in [-0.2, -0.15) is 0 Å². The minimum absolute atomic E-state index is 0.866. The highest BCUT2D eigenvalue weighted by molar-refractivity contribution is 7.13. The molecule has 4 heteroatoms. The van der Waals surface area contributed by atoms with Crippen molar-refractivity contribution in [3.05, 3.63) is 36.0 Å². The summed E-state index contributed by atoms with van der Waals surface area (Å²) in [5.74, 6) is 0.866. The second kappa shape index (κ2) is 3.64. The van der Waals surface area contributed by atoms with Crippen LogP contribution in [-0.2, 0) is 0 Å². The van der Waals surface area contributed by atoms with Gasteiger partial charge in [0.1, 0.15) is 5.75 Å². The average Bonchev–Trinajstić information content (AvgIpc) is 2.96. The number of aromatic nitrogens is 2. The minimum atomic E-state index is 0.866. The maximum Gasteiger partial charge on any atom is 0.120 e. The van der Waals surface area contributed by atoms with Crippen LogP contribution in [0.1, 0.15) is 0 Å². The summed E-state index contributed by atoms with van der Waals surface area (Å²) in [5.41, 5.74) is 4.02. The Morgan fingerprint density at radius 1 is 1.31 bits per heavy atom. The van der Waals surface area contributed by atoms with Crippen LogP contribution in [0.4, 0.5) is 0 Å². The lowest BCUT2D eigenvalue weighted by atomic mass is 10.2. The fourth-order valence-corrected chi connectivity index (χ4v) is 2.31. The summed E-state index contributed by atoms with van der Waals surface area (Å²) in [6.07, 6.45) is 1.87. The van der Waals surface area contributed by atoms with Gasteiger partial charge in [0.2, 0.25) is 0 Å². The van der Waals surface area contributed by atoms with E-state index in [1.807, 2.05) is 23.8 Å². The molecule has 0 radical (unpaired) electrons. The molecule has 0 atom stereocenters. The summed E-state index contributed by atoms with van der Waals surface area (Å²) in [6, 6.07) is 8.14. The van der Waals surface area contributed by atoms with Crippen LogP contribution in [0.15, 0.2) is 36.0 Å². The van der Waals surface area contributed by atoms with E-state index in [1.54, 1.807) is 18.4 Å². The summed E-state index contributed by atoms with van der Waals surface area (Å²) in [7, 11) is 1.67. The molecule has 0 fully saturated rings. The molecule has 3 aromatic rings. The van der Waals surface area contributed by atoms with Crippen LogP contribution in [0, 0.1) is 0 Å². The zero-order valence-corrected chi connectivity index (χ0v) is 9.54. The Hall–Kier alpha value is -1.81. The molecule has 0 aliphatic carbocycles. The molecule has 2 heterocycles. The Bertz CT molecular complexity index is 613. The third kappa shape index (κ3) is 1.47. The van der Waals surface area contributed by atoms with Gasteiger partial charge in [0.25, 0.3) is 0 Å². The minimum Gasteiger partial charge on any atom is -0.497 e. The number of thiazole rings is 1. The number of aromatic amines is 1. The summed E-state index contributed by atoms with van der Waals surface area (Å²) < 4.78 is 5.19. The van der Waals surface area contributed by atoms with E-state index in [1.165, 1.54) is 5.39 Å². The number of hydrogen-bond donors (Lipinski definition) is 1. The zero-order chi connectivity index (χ0) is 11.0. The molecule has 80 valence electrons. The Morgan fingerprint density at radius 3 is 3.00 bits per heavy atom. The molecular weight excluding hydrogens is 220 g/mol. The van der Waals surface area contributed by atoms with Crippen molar-refractivity contribution in [2.24, 2.45) is 0 Å². The number of H-pyrrole nitrogens is 1. The number of benzene rings is 1. The van der Waals surface area contributed by atoms with Crippen molar-refractivity contribution in [1.82, 2.24) is 9.97 Å². The van der Waals surface area contributed by atoms with E-state index in [4.69, 9.17) is 4.74 Å². The van der Waals surface area contributed by atoms with Gasteiger partial charge < -0.3 is 9.72 Å². The van der Waals surface area contributed by atoms with Crippen molar-refractivity contribution >= 4 is 22.2 Å². The number of fused-ring (bicyclic) bond motifs is 1. The largest absolute Gasteiger partial charge is 0.497 e. The molecule has 0 bridgehead atoms. The molecule has 0 saturated heterocycles. The van der Waals surface area contributed by atoms with Gasteiger partial charge in [0.15, 0.2) is 0 Å². The average molecular weight is 230 g/mol. The van der Waals surface area contributed by atoms with Gasteiger partial charge in [-0.1, -0.05) is 0 Å². The fraction of sp³-hybridized carbons (Fsp3) is 0.0833. The molecule has 0 saturated carbocycles. The predicted octanol–water partition coefficient (Wildman–Crippen LogP) is 3.30. The highest BCUT2D eigenvalue weighted by Gasteiger charge is 2.05. The van der Waals surface area contributed by atoms with Crippen molar-refractivity contribution < 1.29 is 4.74 Å². The van der Waals surface area contributed by atoms with E-state index in [-0.39, 0.29) is 0 Å². The van der Waals surface area contributed by atoms with Crippen LogP contribution >= 0.6 is 11.3 Å². The highest BCUT2D eigenvalue weighted by atomic mass is 32.1. The number of ether oxygens (including phenoxy) is 1. The van der Waals surface area contributed by atoms with E-state index >= 15 is 0 Å². The number of rotatable bonds is 2. The number of nitrogens with zero attached hydrogens (tertiary/aromatic N) is 1. The molecule has 3 nitrogen and oxygen atoms in total. The fourth-order valence-electron chi connectivity index (χ4n) is 1.71. The molecule has 0 aliphatic heterocycles. The number of methoxy groups -OCH3 is 1. The SMILES string of the molecule is COc1ccc2cc(-c3cncs3)[nH]c2c1. The van der Waals surface area contributed by atoms with E-state index in [0.717, 1.165) is 21.8 Å². The first-order valence-electron chi connectivity index (χ1n) is 4.92. The number of hydrogen-bond acceptors (Lipinski definition) is 3. The monoisotopic (exact) mass is 230 g/mol. The van der Waals surface area contributed by atoms with Crippen molar-refractivity contribution in [3.63, 3.8) is 0 Å². The Kier molecular flexibility index (Phi) is 2.15. The number of nitrogens with one attached hydrogen (secondary N) is 1. The Labute approximate surface area is 96.7 Å². The summed E-state index contributed by atoms with van der Waals surface area (Å²) >= 11 is 1.63. The topological polar surface area (TPSA) is 37.9 Å².